The van der Waals surface area contributed by atoms with E-state index in [0.29, 0.717) is 12.2 Å². The molecule has 5 nitrogen and oxygen atoms in total. The third kappa shape index (κ3) is 2.88. The normalized spacial score (nSPS) is 12.2. The van der Waals surface area contributed by atoms with Crippen molar-refractivity contribution in [2.24, 2.45) is 5.73 Å². The Morgan fingerprint density at radius 1 is 1.40 bits per heavy atom. The highest BCUT2D eigenvalue weighted by Gasteiger charge is 2.14. The molecule has 0 aliphatic heterocycles. The zero-order valence-corrected chi connectivity index (χ0v) is 11.7. The Kier molecular flexibility index (Phi) is 4.53. The summed E-state index contributed by atoms with van der Waals surface area (Å²) in [6, 6.07) is 7.74. The third-order valence-corrected chi connectivity index (χ3v) is 3.12. The lowest BCUT2D eigenvalue weighted by Gasteiger charge is -2.14. The van der Waals surface area contributed by atoms with Gasteiger partial charge >= 0.3 is 5.97 Å². The first kappa shape index (κ1) is 14.3. The Hall–Kier alpha value is -2.14. The number of aromatic nitrogens is 2. The maximum Gasteiger partial charge on any atom is 0.341 e. The van der Waals surface area contributed by atoms with Crippen molar-refractivity contribution in [3.05, 3.63) is 47.8 Å². The lowest BCUT2D eigenvalue weighted by molar-refractivity contribution is 0.0526. The van der Waals surface area contributed by atoms with Crippen molar-refractivity contribution in [1.82, 2.24) is 9.78 Å². The monoisotopic (exact) mass is 273 g/mol. The number of nitrogens with zero attached hydrogens (tertiary/aromatic N) is 2. The summed E-state index contributed by atoms with van der Waals surface area (Å²) < 4.78 is 6.62. The number of ether oxygens (including phenoxy) is 1. The number of carbonyl (C=O) groups excluding carboxylic acids is 1. The summed E-state index contributed by atoms with van der Waals surface area (Å²) in [5, 5.41) is 4.23. The third-order valence-electron chi connectivity index (χ3n) is 3.12. The van der Waals surface area contributed by atoms with Gasteiger partial charge in [-0.1, -0.05) is 25.1 Å². The number of para-hydroxylation sites is 1. The molecule has 0 aliphatic carbocycles. The molecule has 1 aromatic carbocycles. The average Bonchev–Trinajstić information content (AvgIpc) is 2.96. The fourth-order valence-electron chi connectivity index (χ4n) is 2.00. The quantitative estimate of drug-likeness (QED) is 0.849. The van der Waals surface area contributed by atoms with E-state index >= 15 is 0 Å². The summed E-state index contributed by atoms with van der Waals surface area (Å²) >= 11 is 0. The predicted molar refractivity (Wildman–Crippen MR) is 76.7 cm³/mol. The number of rotatable bonds is 5. The van der Waals surface area contributed by atoms with E-state index in [2.05, 4.69) is 5.10 Å². The second-order valence-corrected chi connectivity index (χ2v) is 4.47. The van der Waals surface area contributed by atoms with E-state index in [4.69, 9.17) is 10.5 Å². The van der Waals surface area contributed by atoms with Crippen LogP contribution in [0.25, 0.3) is 5.69 Å². The Labute approximate surface area is 118 Å². The molecule has 0 amide bonds. The van der Waals surface area contributed by atoms with Gasteiger partial charge in [-0.3, -0.25) is 0 Å². The van der Waals surface area contributed by atoms with Gasteiger partial charge in [0.15, 0.2) is 0 Å². The van der Waals surface area contributed by atoms with E-state index in [1.54, 1.807) is 17.8 Å². The number of hydrogen-bond acceptors (Lipinski definition) is 4. The Balaban J connectivity index is 2.35. The molecule has 0 aliphatic rings. The largest absolute Gasteiger partial charge is 0.462 e. The fraction of sp³-hybridized carbons (Fsp3) is 0.333. The van der Waals surface area contributed by atoms with Gasteiger partial charge < -0.3 is 10.5 Å². The number of hydrogen-bond donors (Lipinski definition) is 1. The molecule has 20 heavy (non-hydrogen) atoms. The van der Waals surface area contributed by atoms with Crippen molar-refractivity contribution in [2.75, 3.05) is 6.61 Å². The minimum Gasteiger partial charge on any atom is -0.462 e. The summed E-state index contributed by atoms with van der Waals surface area (Å²) in [6.07, 6.45) is 4.01. The van der Waals surface area contributed by atoms with Crippen LogP contribution in [0.5, 0.6) is 0 Å². The Morgan fingerprint density at radius 3 is 2.85 bits per heavy atom. The van der Waals surface area contributed by atoms with E-state index in [-0.39, 0.29) is 12.0 Å². The molecule has 0 saturated carbocycles. The number of carbonyl (C=O) groups is 1. The molecule has 0 radical (unpaired) electrons. The summed E-state index contributed by atoms with van der Waals surface area (Å²) in [6.45, 7) is 4.16. The molecule has 0 fully saturated rings. The molecule has 1 unspecified atom stereocenters. The standard InChI is InChI=1S/C15H19N3O2/c1-3-13(16)12-7-5-6-8-14(12)18-10-11(9-17-18)15(19)20-4-2/h5-10,13H,3-4,16H2,1-2H3. The van der Waals surface area contributed by atoms with Crippen LogP contribution in [-0.2, 0) is 4.74 Å². The molecule has 1 atom stereocenters. The predicted octanol–water partition coefficient (Wildman–Crippen LogP) is 2.46. The van der Waals surface area contributed by atoms with Gasteiger partial charge in [-0.25, -0.2) is 9.48 Å². The summed E-state index contributed by atoms with van der Waals surface area (Å²) in [7, 11) is 0. The average molecular weight is 273 g/mol. The minimum absolute atomic E-state index is 0.0542. The molecule has 0 saturated heterocycles. The molecule has 1 aromatic heterocycles. The first-order valence-corrected chi connectivity index (χ1v) is 6.74. The van der Waals surface area contributed by atoms with Crippen LogP contribution < -0.4 is 5.73 Å². The SMILES string of the molecule is CCOC(=O)c1cnn(-c2ccccc2C(N)CC)c1. The van der Waals surface area contributed by atoms with Gasteiger partial charge in [-0.05, 0) is 25.0 Å². The molecule has 5 heteroatoms. The highest BCUT2D eigenvalue weighted by molar-refractivity contribution is 5.88. The van der Waals surface area contributed by atoms with Crippen molar-refractivity contribution >= 4 is 5.97 Å². The van der Waals surface area contributed by atoms with E-state index < -0.39 is 0 Å². The van der Waals surface area contributed by atoms with Gasteiger partial charge in [0.1, 0.15) is 0 Å². The van der Waals surface area contributed by atoms with Crippen LogP contribution in [0.3, 0.4) is 0 Å². The molecule has 2 aromatic rings. The van der Waals surface area contributed by atoms with Crippen LogP contribution in [-0.4, -0.2) is 22.4 Å². The van der Waals surface area contributed by atoms with E-state index in [9.17, 15) is 4.79 Å². The molecule has 106 valence electrons. The van der Waals surface area contributed by atoms with Crippen molar-refractivity contribution in [2.45, 2.75) is 26.3 Å². The molecule has 0 spiro atoms. The van der Waals surface area contributed by atoms with Crippen LogP contribution in [0, 0.1) is 0 Å². The van der Waals surface area contributed by atoms with Crippen LogP contribution in [0.2, 0.25) is 0 Å². The molecule has 2 rings (SSSR count). The highest BCUT2D eigenvalue weighted by Crippen LogP contribution is 2.22. The van der Waals surface area contributed by atoms with Crippen molar-refractivity contribution < 1.29 is 9.53 Å². The van der Waals surface area contributed by atoms with Crippen molar-refractivity contribution in [1.29, 1.82) is 0 Å². The maximum atomic E-state index is 11.7. The fourth-order valence-corrected chi connectivity index (χ4v) is 2.00. The molecule has 0 bridgehead atoms. The molecule has 1 heterocycles. The van der Waals surface area contributed by atoms with Crippen LogP contribution in [0.15, 0.2) is 36.7 Å². The lowest BCUT2D eigenvalue weighted by atomic mass is 10.0. The van der Waals surface area contributed by atoms with Crippen molar-refractivity contribution in [3.63, 3.8) is 0 Å². The first-order chi connectivity index (χ1) is 9.67. The maximum absolute atomic E-state index is 11.7. The van der Waals surface area contributed by atoms with E-state index in [1.807, 2.05) is 31.2 Å². The second-order valence-electron chi connectivity index (χ2n) is 4.47. The van der Waals surface area contributed by atoms with E-state index in [0.717, 1.165) is 17.7 Å². The number of benzene rings is 1. The highest BCUT2D eigenvalue weighted by atomic mass is 16.5. The van der Waals surface area contributed by atoms with Gasteiger partial charge in [-0.2, -0.15) is 5.10 Å². The summed E-state index contributed by atoms with van der Waals surface area (Å²) in [4.78, 5) is 11.7. The van der Waals surface area contributed by atoms with E-state index in [1.165, 1.54) is 6.20 Å². The minimum atomic E-state index is -0.365. The Bertz CT molecular complexity index is 592. The molecular weight excluding hydrogens is 254 g/mol. The van der Waals surface area contributed by atoms with Gasteiger partial charge in [0, 0.05) is 12.2 Å². The van der Waals surface area contributed by atoms with Gasteiger partial charge in [-0.15, -0.1) is 0 Å². The summed E-state index contributed by atoms with van der Waals surface area (Å²) in [5.74, 6) is -0.365. The van der Waals surface area contributed by atoms with Crippen LogP contribution in [0.1, 0.15) is 42.2 Å². The first-order valence-electron chi connectivity index (χ1n) is 6.74. The second kappa shape index (κ2) is 6.34. The van der Waals surface area contributed by atoms with Crippen LogP contribution >= 0.6 is 0 Å². The zero-order valence-electron chi connectivity index (χ0n) is 11.7. The number of esters is 1. The van der Waals surface area contributed by atoms with Gasteiger partial charge in [0.25, 0.3) is 0 Å². The van der Waals surface area contributed by atoms with Crippen LogP contribution in [0.4, 0.5) is 0 Å². The topological polar surface area (TPSA) is 70.1 Å². The molecule has 2 N–H and O–H groups in total. The number of nitrogens with two attached hydrogens (primary N) is 1. The zero-order chi connectivity index (χ0) is 14.5. The smallest absolute Gasteiger partial charge is 0.341 e. The lowest BCUT2D eigenvalue weighted by Crippen LogP contribution is -2.12. The Morgan fingerprint density at radius 2 is 2.15 bits per heavy atom. The van der Waals surface area contributed by atoms with Crippen molar-refractivity contribution in [3.8, 4) is 5.69 Å². The molecular formula is C15H19N3O2. The summed E-state index contributed by atoms with van der Waals surface area (Å²) in [5.41, 5.74) is 8.45. The van der Waals surface area contributed by atoms with Gasteiger partial charge in [0.2, 0.25) is 0 Å². The van der Waals surface area contributed by atoms with Gasteiger partial charge in [0.05, 0.1) is 24.1 Å².